The Labute approximate surface area is 175 Å². The highest BCUT2D eigenvalue weighted by Gasteiger charge is 2.50. The molecule has 0 saturated carbocycles. The minimum absolute atomic E-state index is 0.0350. The van der Waals surface area contributed by atoms with E-state index in [2.05, 4.69) is 9.73 Å². The smallest absolute Gasteiger partial charge is 0.387 e. The lowest BCUT2D eigenvalue weighted by Crippen LogP contribution is -2.41. The fourth-order valence-electron chi connectivity index (χ4n) is 3.45. The van der Waals surface area contributed by atoms with E-state index >= 15 is 0 Å². The molecule has 0 saturated heterocycles. The first-order chi connectivity index (χ1) is 14.5. The molecule has 0 bridgehead atoms. The molecule has 2 unspecified atom stereocenters. The quantitative estimate of drug-likeness (QED) is 0.657. The number of carbonyl (C=O) groups excluding carboxylic acids is 1. The number of nitrogens with two attached hydrogens (primary N) is 1. The number of nitrogens with zero attached hydrogens (tertiary/aromatic N) is 2. The zero-order valence-electron chi connectivity index (χ0n) is 16.7. The first-order valence-electron chi connectivity index (χ1n) is 9.35. The molecule has 0 radical (unpaired) electrons. The number of ether oxygens (including phenoxy) is 1. The summed E-state index contributed by atoms with van der Waals surface area (Å²) >= 11 is 0. The molecule has 31 heavy (non-hydrogen) atoms. The van der Waals surface area contributed by atoms with Gasteiger partial charge in [-0.2, -0.15) is 17.6 Å². The van der Waals surface area contributed by atoms with Gasteiger partial charge in [0.15, 0.2) is 17.7 Å². The maximum Gasteiger partial charge on any atom is 0.387 e. The van der Waals surface area contributed by atoms with Gasteiger partial charge in [-0.25, -0.2) is 9.38 Å². The van der Waals surface area contributed by atoms with Crippen molar-refractivity contribution in [1.82, 2.24) is 4.90 Å². The van der Waals surface area contributed by atoms with E-state index in [0.29, 0.717) is 0 Å². The average Bonchev–Trinajstić information content (AvgIpc) is 2.98. The summed E-state index contributed by atoms with van der Waals surface area (Å²) in [5, 5.41) is 0. The third kappa shape index (κ3) is 3.82. The number of hydrogen-bond donors (Lipinski definition) is 1. The Morgan fingerprint density at radius 2 is 1.77 bits per heavy atom. The molecule has 1 aliphatic rings. The fraction of sp³-hybridized carbons (Fsp3) is 0.333. The summed E-state index contributed by atoms with van der Waals surface area (Å²) in [5.41, 5.74) is 3.60. The zero-order chi connectivity index (χ0) is 23.0. The summed E-state index contributed by atoms with van der Waals surface area (Å²) < 4.78 is 72.2. The zero-order valence-corrected chi connectivity index (χ0v) is 16.7. The van der Waals surface area contributed by atoms with Gasteiger partial charge in [-0.3, -0.25) is 9.69 Å². The Balaban J connectivity index is 2.17. The molecule has 2 N–H and O–H groups in total. The van der Waals surface area contributed by atoms with Crippen LogP contribution in [0.3, 0.4) is 0 Å². The molecule has 10 heteroatoms. The highest BCUT2D eigenvalue weighted by molar-refractivity contribution is 6.08. The van der Waals surface area contributed by atoms with Crippen molar-refractivity contribution in [3.8, 4) is 5.75 Å². The monoisotopic (exact) mass is 441 g/mol. The largest absolute Gasteiger partial charge is 0.435 e. The van der Waals surface area contributed by atoms with E-state index in [4.69, 9.17) is 5.73 Å². The molecule has 2 aromatic rings. The number of likely N-dealkylation sites (N-methyl/N-ethyl adjacent to an activating group) is 1. The van der Waals surface area contributed by atoms with Crippen LogP contribution >= 0.6 is 0 Å². The lowest BCUT2D eigenvalue weighted by molar-refractivity contribution is -0.129. The SMILES string of the molecule is CCC(F)C(F)(F)c1cccc(C2(c3ccc(OC(F)F)cc3)N=C(N)N(C)C2=O)c1. The Morgan fingerprint density at radius 1 is 1.13 bits per heavy atom. The molecule has 2 aromatic carbocycles. The summed E-state index contributed by atoms with van der Waals surface area (Å²) in [6, 6.07) is 9.79. The van der Waals surface area contributed by atoms with Gasteiger partial charge in [-0.05, 0) is 35.7 Å². The van der Waals surface area contributed by atoms with Crippen LogP contribution in [0.5, 0.6) is 5.75 Å². The van der Waals surface area contributed by atoms with Crippen LogP contribution in [0.15, 0.2) is 53.5 Å². The lowest BCUT2D eigenvalue weighted by atomic mass is 9.81. The van der Waals surface area contributed by atoms with Crippen molar-refractivity contribution in [2.24, 2.45) is 10.7 Å². The normalized spacial score (nSPS) is 20.2. The summed E-state index contributed by atoms with van der Waals surface area (Å²) in [5.74, 6) is -4.75. The van der Waals surface area contributed by atoms with E-state index < -0.39 is 42.1 Å². The summed E-state index contributed by atoms with van der Waals surface area (Å²) in [6.07, 6.45) is -2.82. The van der Waals surface area contributed by atoms with E-state index in [1.807, 2.05) is 0 Å². The molecule has 3 rings (SSSR count). The second-order valence-electron chi connectivity index (χ2n) is 7.03. The van der Waals surface area contributed by atoms with E-state index in [-0.39, 0.29) is 22.8 Å². The highest BCUT2D eigenvalue weighted by atomic mass is 19.3. The second-order valence-corrected chi connectivity index (χ2v) is 7.03. The lowest BCUT2D eigenvalue weighted by Gasteiger charge is -2.28. The molecule has 0 fully saturated rings. The van der Waals surface area contributed by atoms with Gasteiger partial charge >= 0.3 is 12.5 Å². The number of carbonyl (C=O) groups is 1. The fourth-order valence-corrected chi connectivity index (χ4v) is 3.45. The molecule has 1 heterocycles. The third-order valence-corrected chi connectivity index (χ3v) is 5.15. The van der Waals surface area contributed by atoms with Gasteiger partial charge in [-0.15, -0.1) is 0 Å². The third-order valence-electron chi connectivity index (χ3n) is 5.15. The molecule has 166 valence electrons. The molecular formula is C21H20F5N3O2. The topological polar surface area (TPSA) is 67.9 Å². The summed E-state index contributed by atoms with van der Waals surface area (Å²) in [6.45, 7) is -1.74. The maximum atomic E-state index is 14.6. The number of aliphatic imine (C=N–C) groups is 1. The molecule has 0 aliphatic carbocycles. The minimum atomic E-state index is -3.79. The van der Waals surface area contributed by atoms with E-state index in [1.54, 1.807) is 0 Å². The molecule has 0 aromatic heterocycles. The first-order valence-corrected chi connectivity index (χ1v) is 9.35. The molecule has 1 aliphatic heterocycles. The van der Waals surface area contributed by atoms with E-state index in [1.165, 1.54) is 50.4 Å². The van der Waals surface area contributed by atoms with E-state index in [9.17, 15) is 26.7 Å². The molecular weight excluding hydrogens is 421 g/mol. The Bertz CT molecular complexity index is 997. The Hall–Kier alpha value is -3.17. The van der Waals surface area contributed by atoms with Crippen molar-refractivity contribution in [3.63, 3.8) is 0 Å². The van der Waals surface area contributed by atoms with Crippen molar-refractivity contribution in [2.75, 3.05) is 7.05 Å². The number of benzene rings is 2. The Kier molecular flexibility index (Phi) is 5.93. The van der Waals surface area contributed by atoms with Crippen molar-refractivity contribution < 1.29 is 31.5 Å². The highest BCUT2D eigenvalue weighted by Crippen LogP contribution is 2.42. The number of alkyl halides is 5. The molecule has 5 nitrogen and oxygen atoms in total. The number of rotatable bonds is 7. The minimum Gasteiger partial charge on any atom is -0.435 e. The van der Waals surface area contributed by atoms with Gasteiger partial charge in [0.05, 0.1) is 0 Å². The second kappa shape index (κ2) is 8.16. The van der Waals surface area contributed by atoms with Crippen molar-refractivity contribution in [3.05, 3.63) is 65.2 Å². The van der Waals surface area contributed by atoms with Crippen LogP contribution in [-0.2, 0) is 16.3 Å². The number of guanidine groups is 1. The van der Waals surface area contributed by atoms with Crippen molar-refractivity contribution in [2.45, 2.75) is 37.6 Å². The maximum absolute atomic E-state index is 14.6. The van der Waals surface area contributed by atoms with Gasteiger partial charge < -0.3 is 10.5 Å². The standard InChI is InChI=1S/C21H20F5N3O2/c1-3-16(22)21(25,26)14-6-4-5-13(11-14)20(17(30)29(2)19(27)28-20)12-7-9-15(10-8-12)31-18(23)24/h4-11,16,18H,3H2,1-2H3,(H2,27,28). The summed E-state index contributed by atoms with van der Waals surface area (Å²) in [7, 11) is 1.37. The van der Waals surface area contributed by atoms with Gasteiger partial charge in [0.2, 0.25) is 0 Å². The van der Waals surface area contributed by atoms with Gasteiger partial charge in [0.1, 0.15) is 5.75 Å². The predicted octanol–water partition coefficient (Wildman–Crippen LogP) is 4.16. The van der Waals surface area contributed by atoms with Gasteiger partial charge in [0.25, 0.3) is 5.91 Å². The number of halogens is 5. The van der Waals surface area contributed by atoms with Crippen molar-refractivity contribution in [1.29, 1.82) is 0 Å². The molecule has 2 atom stereocenters. The van der Waals surface area contributed by atoms with Crippen LogP contribution in [0.1, 0.15) is 30.0 Å². The van der Waals surface area contributed by atoms with Crippen LogP contribution in [0, 0.1) is 0 Å². The van der Waals surface area contributed by atoms with Crippen LogP contribution in [0.2, 0.25) is 0 Å². The average molecular weight is 441 g/mol. The number of amides is 1. The van der Waals surface area contributed by atoms with Gasteiger partial charge in [-0.1, -0.05) is 37.3 Å². The van der Waals surface area contributed by atoms with Crippen molar-refractivity contribution >= 4 is 11.9 Å². The van der Waals surface area contributed by atoms with Gasteiger partial charge in [0, 0.05) is 12.6 Å². The number of hydrogen-bond acceptors (Lipinski definition) is 4. The van der Waals surface area contributed by atoms with Crippen LogP contribution in [0.25, 0.3) is 0 Å². The van der Waals surface area contributed by atoms with E-state index in [0.717, 1.165) is 17.0 Å². The van der Waals surface area contributed by atoms with Crippen LogP contribution in [-0.4, -0.2) is 36.6 Å². The van der Waals surface area contributed by atoms with Crippen LogP contribution < -0.4 is 10.5 Å². The van der Waals surface area contributed by atoms with Crippen LogP contribution in [0.4, 0.5) is 22.0 Å². The summed E-state index contributed by atoms with van der Waals surface area (Å²) in [4.78, 5) is 18.5. The first kappa shape index (κ1) is 22.5. The molecule has 0 spiro atoms. The molecule has 1 amide bonds. The Morgan fingerprint density at radius 3 is 2.29 bits per heavy atom. The predicted molar refractivity (Wildman–Crippen MR) is 104 cm³/mol.